The molecule has 1 fully saturated rings. The predicted molar refractivity (Wildman–Crippen MR) is 92.8 cm³/mol. The molecule has 1 aliphatic heterocycles. The second kappa shape index (κ2) is 9.22. The van der Waals surface area contributed by atoms with E-state index in [1.807, 2.05) is 11.0 Å². The number of hydrogen-bond donors (Lipinski definition) is 2. The maximum absolute atomic E-state index is 12.1. The highest BCUT2D eigenvalue weighted by Crippen LogP contribution is 2.14. The number of anilines is 1. The summed E-state index contributed by atoms with van der Waals surface area (Å²) >= 11 is 0. The van der Waals surface area contributed by atoms with Gasteiger partial charge in [-0.2, -0.15) is 5.26 Å². The number of carbonyl (C=O) groups is 2. The van der Waals surface area contributed by atoms with E-state index < -0.39 is 12.1 Å². The van der Waals surface area contributed by atoms with Crippen molar-refractivity contribution in [2.45, 2.75) is 13.0 Å². The number of nitriles is 1. The quantitative estimate of drug-likeness (QED) is 0.549. The average Bonchev–Trinajstić information content (AvgIpc) is 2.64. The van der Waals surface area contributed by atoms with E-state index in [1.54, 1.807) is 24.0 Å². The molecule has 10 nitrogen and oxygen atoms in total. The molecule has 2 N–H and O–H groups in total. The van der Waals surface area contributed by atoms with Gasteiger partial charge in [0.15, 0.2) is 6.61 Å². The van der Waals surface area contributed by atoms with Gasteiger partial charge >= 0.3 is 6.09 Å². The van der Waals surface area contributed by atoms with Crippen LogP contribution in [0, 0.1) is 11.3 Å². The lowest BCUT2D eigenvalue weighted by molar-refractivity contribution is -0.136. The second-order valence-corrected chi connectivity index (χ2v) is 5.65. The van der Waals surface area contributed by atoms with Crippen molar-refractivity contribution in [1.82, 2.24) is 15.2 Å². The maximum atomic E-state index is 12.1. The average molecular weight is 360 g/mol. The summed E-state index contributed by atoms with van der Waals surface area (Å²) in [5, 5.41) is 23.1. The number of aromatic nitrogens is 1. The molecule has 0 aromatic carbocycles. The molecular weight excluding hydrogens is 340 g/mol. The molecule has 1 atom stereocenters. The largest absolute Gasteiger partial charge is 0.465 e. The molecule has 0 aliphatic carbocycles. The highest BCUT2D eigenvalue weighted by molar-refractivity contribution is 5.78. The number of pyridine rings is 1. The number of nitrogens with zero attached hydrogens (tertiary/aromatic N) is 5. The Morgan fingerprint density at radius 1 is 1.46 bits per heavy atom. The third-order valence-corrected chi connectivity index (χ3v) is 3.73. The van der Waals surface area contributed by atoms with Crippen molar-refractivity contribution in [3.63, 3.8) is 0 Å². The van der Waals surface area contributed by atoms with Gasteiger partial charge in [0.1, 0.15) is 11.9 Å². The molecular formula is C16H20N6O4. The van der Waals surface area contributed by atoms with Crippen LogP contribution in [0.15, 0.2) is 23.5 Å². The lowest BCUT2D eigenvalue weighted by atomic mass is 10.2. The number of carboxylic acid groups (broad SMARTS) is 1. The van der Waals surface area contributed by atoms with Crippen molar-refractivity contribution >= 4 is 24.0 Å². The Balaban J connectivity index is 1.73. The molecule has 1 aromatic heterocycles. The fraction of sp³-hybridized carbons (Fsp3) is 0.438. The van der Waals surface area contributed by atoms with E-state index in [-0.39, 0.29) is 12.5 Å². The number of oxime groups is 1. The molecule has 0 saturated carbocycles. The van der Waals surface area contributed by atoms with Crippen molar-refractivity contribution in [3.05, 3.63) is 23.9 Å². The maximum Gasteiger partial charge on any atom is 0.405 e. The van der Waals surface area contributed by atoms with Gasteiger partial charge in [-0.3, -0.25) is 4.79 Å². The lowest BCUT2D eigenvalue weighted by Crippen LogP contribution is -2.49. The van der Waals surface area contributed by atoms with Gasteiger partial charge in [-0.05, 0) is 19.1 Å². The highest BCUT2D eigenvalue weighted by atomic mass is 16.6. The third-order valence-electron chi connectivity index (χ3n) is 3.73. The van der Waals surface area contributed by atoms with Gasteiger partial charge in [0.05, 0.1) is 17.8 Å². The van der Waals surface area contributed by atoms with Gasteiger partial charge in [-0.1, -0.05) is 5.16 Å². The number of carbonyl (C=O) groups excluding carboxylic acids is 1. The summed E-state index contributed by atoms with van der Waals surface area (Å²) in [5.41, 5.74) is 0.508. The lowest BCUT2D eigenvalue weighted by Gasteiger charge is -2.35. The topological polar surface area (TPSA) is 131 Å². The number of rotatable bonds is 6. The molecule has 26 heavy (non-hydrogen) atoms. The zero-order chi connectivity index (χ0) is 18.9. The zero-order valence-corrected chi connectivity index (χ0v) is 14.3. The summed E-state index contributed by atoms with van der Waals surface area (Å²) in [6, 6.07) is 5.03. The molecule has 1 aromatic rings. The van der Waals surface area contributed by atoms with E-state index in [4.69, 9.17) is 15.2 Å². The van der Waals surface area contributed by atoms with Gasteiger partial charge in [0.2, 0.25) is 0 Å². The first-order valence-corrected chi connectivity index (χ1v) is 8.03. The van der Waals surface area contributed by atoms with Gasteiger partial charge in [0, 0.05) is 32.4 Å². The van der Waals surface area contributed by atoms with Crippen LogP contribution in [-0.4, -0.2) is 72.0 Å². The van der Waals surface area contributed by atoms with Crippen molar-refractivity contribution in [1.29, 1.82) is 5.26 Å². The van der Waals surface area contributed by atoms with Gasteiger partial charge in [-0.15, -0.1) is 0 Å². The first kappa shape index (κ1) is 19.0. The molecule has 2 heterocycles. The molecule has 10 heteroatoms. The third kappa shape index (κ3) is 5.62. The number of hydrogen-bond acceptors (Lipinski definition) is 7. The van der Waals surface area contributed by atoms with E-state index >= 15 is 0 Å². The van der Waals surface area contributed by atoms with Crippen LogP contribution in [0.5, 0.6) is 0 Å². The van der Waals surface area contributed by atoms with Crippen molar-refractivity contribution < 1.29 is 19.5 Å². The highest BCUT2D eigenvalue weighted by Gasteiger charge is 2.22. The van der Waals surface area contributed by atoms with E-state index in [9.17, 15) is 9.59 Å². The Morgan fingerprint density at radius 2 is 2.19 bits per heavy atom. The van der Waals surface area contributed by atoms with Crippen LogP contribution in [0.3, 0.4) is 0 Å². The predicted octanol–water partition coefficient (Wildman–Crippen LogP) is 0.260. The van der Waals surface area contributed by atoms with Crippen LogP contribution in [0.25, 0.3) is 0 Å². The van der Waals surface area contributed by atoms with Gasteiger partial charge < -0.3 is 25.1 Å². The summed E-state index contributed by atoms with van der Waals surface area (Å²) in [6.07, 6.45) is 1.64. The van der Waals surface area contributed by atoms with E-state index in [0.29, 0.717) is 31.7 Å². The van der Waals surface area contributed by atoms with Gasteiger partial charge in [0.25, 0.3) is 5.91 Å². The summed E-state index contributed by atoms with van der Waals surface area (Å²) < 4.78 is 0. The Morgan fingerprint density at radius 3 is 2.77 bits per heavy atom. The Bertz CT molecular complexity index is 692. The normalized spacial score (nSPS) is 15.4. The first-order chi connectivity index (χ1) is 12.5. The fourth-order valence-electron chi connectivity index (χ4n) is 2.37. The van der Waals surface area contributed by atoms with E-state index in [1.165, 1.54) is 12.4 Å². The first-order valence-electron chi connectivity index (χ1n) is 8.03. The molecule has 2 rings (SSSR count). The van der Waals surface area contributed by atoms with E-state index in [2.05, 4.69) is 15.5 Å². The monoisotopic (exact) mass is 360 g/mol. The Hall–Kier alpha value is -3.35. The smallest absolute Gasteiger partial charge is 0.405 e. The summed E-state index contributed by atoms with van der Waals surface area (Å²) in [5.74, 6) is 0.588. The van der Waals surface area contributed by atoms with Crippen LogP contribution in [0.2, 0.25) is 0 Å². The summed E-state index contributed by atoms with van der Waals surface area (Å²) in [6.45, 7) is 3.72. The Kier molecular flexibility index (Phi) is 6.73. The molecule has 0 radical (unpaired) electrons. The van der Waals surface area contributed by atoms with Crippen LogP contribution in [0.1, 0.15) is 12.5 Å². The minimum Gasteiger partial charge on any atom is -0.465 e. The van der Waals surface area contributed by atoms with Crippen LogP contribution in [-0.2, 0) is 9.63 Å². The number of amides is 2. The summed E-state index contributed by atoms with van der Waals surface area (Å²) in [7, 11) is 0. The number of nitrogens with one attached hydrogen (secondary N) is 1. The molecule has 1 unspecified atom stereocenters. The molecule has 2 amide bonds. The molecule has 0 bridgehead atoms. The minimum atomic E-state index is -1.16. The number of piperazine rings is 1. The van der Waals surface area contributed by atoms with Crippen LogP contribution < -0.4 is 10.2 Å². The Labute approximate surface area is 150 Å². The van der Waals surface area contributed by atoms with Crippen LogP contribution in [0.4, 0.5) is 10.6 Å². The zero-order valence-electron chi connectivity index (χ0n) is 14.3. The minimum absolute atomic E-state index is 0.187. The molecule has 138 valence electrons. The molecule has 0 spiro atoms. The molecule has 1 saturated heterocycles. The molecule has 1 aliphatic rings. The standard InChI is InChI=1S/C16H20N6O4/c1-12(20-16(24)25)9-19-26-11-15(23)22-6-4-21(5-7-22)14-3-2-13(8-17)10-18-14/h2-3,9-10,12,20H,4-7,11H2,1H3,(H,24,25)/b19-9+. The van der Waals surface area contributed by atoms with Crippen LogP contribution >= 0.6 is 0 Å². The SMILES string of the molecule is CC(/C=N/OCC(=O)N1CCN(c2ccc(C#N)cn2)CC1)NC(=O)O. The summed E-state index contributed by atoms with van der Waals surface area (Å²) in [4.78, 5) is 35.4. The van der Waals surface area contributed by atoms with Gasteiger partial charge in [-0.25, -0.2) is 9.78 Å². The van der Waals surface area contributed by atoms with E-state index in [0.717, 1.165) is 5.82 Å². The fourth-order valence-corrected chi connectivity index (χ4v) is 2.37. The van der Waals surface area contributed by atoms with Crippen molar-refractivity contribution in [2.24, 2.45) is 5.16 Å². The van der Waals surface area contributed by atoms with Crippen molar-refractivity contribution in [2.75, 3.05) is 37.7 Å². The van der Waals surface area contributed by atoms with Crippen molar-refractivity contribution in [3.8, 4) is 6.07 Å². The second-order valence-electron chi connectivity index (χ2n) is 5.65.